The molecule has 3 nitrogen and oxygen atoms in total. The first-order chi connectivity index (χ1) is 19.0. The fraction of sp³-hybridized carbons (Fsp3) is 0.361. The standard InChI is InChI=1S/C36H43BN3/c1-23(2)27-15-13-16-28(24(3)4)35(27)40-30-18-11-10-17-29(30)39-31-19-12-14-25(5)33(31)34(37(39)40)32-22-26(36(6,7)8)20-21-38(32)9/h10-24,34H,1-9H3/q+1. The maximum atomic E-state index is 2.70. The first-order valence-corrected chi connectivity index (χ1v) is 14.9. The van der Waals surface area contributed by atoms with E-state index in [1.165, 1.54) is 56.3 Å². The molecule has 0 radical (unpaired) electrons. The molecule has 4 aromatic rings. The highest BCUT2D eigenvalue weighted by Crippen LogP contribution is 2.58. The van der Waals surface area contributed by atoms with Crippen molar-refractivity contribution in [1.29, 1.82) is 0 Å². The van der Waals surface area contributed by atoms with Gasteiger partial charge in [0.2, 0.25) is 0 Å². The van der Waals surface area contributed by atoms with Crippen LogP contribution in [0.25, 0.3) is 0 Å². The summed E-state index contributed by atoms with van der Waals surface area (Å²) in [5.41, 5.74) is 13.8. The summed E-state index contributed by atoms with van der Waals surface area (Å²) in [6, 6.07) is 27.6. The highest BCUT2D eigenvalue weighted by atomic mass is 15.3. The van der Waals surface area contributed by atoms with Crippen molar-refractivity contribution in [2.45, 2.75) is 78.5 Å². The number of para-hydroxylation sites is 3. The summed E-state index contributed by atoms with van der Waals surface area (Å²) in [6.07, 6.45) is 2.27. The molecule has 40 heavy (non-hydrogen) atoms. The van der Waals surface area contributed by atoms with Gasteiger partial charge >= 0.3 is 6.98 Å². The Balaban J connectivity index is 1.70. The van der Waals surface area contributed by atoms with Crippen molar-refractivity contribution in [1.82, 2.24) is 0 Å². The Morgan fingerprint density at radius 3 is 1.93 bits per heavy atom. The number of benzene rings is 3. The lowest BCUT2D eigenvalue weighted by Gasteiger charge is -2.33. The van der Waals surface area contributed by atoms with Gasteiger partial charge in [-0.1, -0.05) is 90.9 Å². The molecular weight excluding hydrogens is 485 g/mol. The molecule has 2 aliphatic heterocycles. The summed E-state index contributed by atoms with van der Waals surface area (Å²) in [5, 5.41) is 0. The van der Waals surface area contributed by atoms with E-state index >= 15 is 0 Å². The summed E-state index contributed by atoms with van der Waals surface area (Å²) >= 11 is 0. The van der Waals surface area contributed by atoms with Gasteiger partial charge in [-0.3, -0.25) is 0 Å². The Morgan fingerprint density at radius 1 is 0.750 bits per heavy atom. The Kier molecular flexibility index (Phi) is 6.37. The molecule has 3 aromatic carbocycles. The van der Waals surface area contributed by atoms with Crippen molar-refractivity contribution < 1.29 is 4.57 Å². The number of pyridine rings is 1. The third-order valence-electron chi connectivity index (χ3n) is 9.06. The molecule has 6 rings (SSSR count). The van der Waals surface area contributed by atoms with Crippen molar-refractivity contribution in [2.24, 2.45) is 7.05 Å². The van der Waals surface area contributed by atoms with Crippen LogP contribution in [0.1, 0.15) is 99.6 Å². The van der Waals surface area contributed by atoms with Gasteiger partial charge in [0.25, 0.3) is 0 Å². The smallest absolute Gasteiger partial charge is 0.363 e. The quantitative estimate of drug-likeness (QED) is 0.194. The van der Waals surface area contributed by atoms with E-state index < -0.39 is 0 Å². The van der Waals surface area contributed by atoms with E-state index in [1.807, 2.05) is 0 Å². The lowest BCUT2D eigenvalue weighted by molar-refractivity contribution is -0.679. The van der Waals surface area contributed by atoms with Crippen LogP contribution < -0.4 is 14.2 Å². The molecular formula is C36H43BN3+. The number of aryl methyl sites for hydroxylation is 2. The second-order valence-corrected chi connectivity index (χ2v) is 13.4. The van der Waals surface area contributed by atoms with E-state index in [1.54, 1.807) is 0 Å². The Bertz CT molecular complexity index is 1570. The Hall–Kier alpha value is -3.53. The lowest BCUT2D eigenvalue weighted by atomic mass is 9.57. The van der Waals surface area contributed by atoms with Gasteiger partial charge in [0.15, 0.2) is 11.9 Å². The largest absolute Gasteiger partial charge is 0.403 e. The van der Waals surface area contributed by atoms with E-state index in [2.05, 4.69) is 156 Å². The molecule has 204 valence electrons. The molecule has 4 heteroatoms. The zero-order chi connectivity index (χ0) is 28.5. The van der Waals surface area contributed by atoms with Crippen LogP contribution in [0.4, 0.5) is 22.7 Å². The van der Waals surface area contributed by atoms with Crippen LogP contribution in [0.5, 0.6) is 0 Å². The SMILES string of the molecule is Cc1cccc2c1C(c1cc(C(C)(C)C)cc[n+]1C)B1N2c2ccccc2N1c1c(C(C)C)cccc1C(C)C. The van der Waals surface area contributed by atoms with Crippen LogP contribution >= 0.6 is 0 Å². The van der Waals surface area contributed by atoms with Crippen LogP contribution in [0.2, 0.25) is 0 Å². The highest BCUT2D eigenvalue weighted by molar-refractivity contribution is 6.76. The predicted octanol–water partition coefficient (Wildman–Crippen LogP) is 8.83. The van der Waals surface area contributed by atoms with Gasteiger partial charge in [-0.25, -0.2) is 4.57 Å². The average Bonchev–Trinajstić information content (AvgIpc) is 3.41. The molecule has 0 bridgehead atoms. The number of aromatic nitrogens is 1. The lowest BCUT2D eigenvalue weighted by Crippen LogP contribution is -2.49. The average molecular weight is 529 g/mol. The third-order valence-corrected chi connectivity index (χ3v) is 9.06. The molecule has 0 spiro atoms. The fourth-order valence-electron chi connectivity index (χ4n) is 6.98. The molecule has 0 aliphatic carbocycles. The van der Waals surface area contributed by atoms with E-state index in [-0.39, 0.29) is 18.2 Å². The minimum atomic E-state index is 0.0727. The van der Waals surface area contributed by atoms with Crippen LogP contribution in [0.15, 0.2) is 79.0 Å². The predicted molar refractivity (Wildman–Crippen MR) is 170 cm³/mol. The Labute approximate surface area is 241 Å². The van der Waals surface area contributed by atoms with E-state index in [4.69, 9.17) is 0 Å². The van der Waals surface area contributed by atoms with Crippen molar-refractivity contribution in [2.75, 3.05) is 9.62 Å². The molecule has 1 atom stereocenters. The Morgan fingerprint density at radius 2 is 1.32 bits per heavy atom. The summed E-state index contributed by atoms with van der Waals surface area (Å²) in [6.45, 7) is 18.7. The van der Waals surface area contributed by atoms with Crippen LogP contribution in [-0.2, 0) is 12.5 Å². The van der Waals surface area contributed by atoms with Gasteiger partial charge in [-0.15, -0.1) is 0 Å². The van der Waals surface area contributed by atoms with E-state index in [9.17, 15) is 0 Å². The summed E-state index contributed by atoms with van der Waals surface area (Å²) in [4.78, 5) is 5.33. The molecule has 0 amide bonds. The van der Waals surface area contributed by atoms with Gasteiger partial charge in [-0.05, 0) is 70.2 Å². The van der Waals surface area contributed by atoms with Gasteiger partial charge in [0, 0.05) is 23.5 Å². The molecule has 2 aliphatic rings. The highest BCUT2D eigenvalue weighted by Gasteiger charge is 2.57. The van der Waals surface area contributed by atoms with Crippen LogP contribution in [0, 0.1) is 6.92 Å². The summed E-state index contributed by atoms with van der Waals surface area (Å²) < 4.78 is 2.36. The number of nitrogens with zero attached hydrogens (tertiary/aromatic N) is 3. The van der Waals surface area contributed by atoms with Crippen molar-refractivity contribution >= 4 is 29.7 Å². The molecule has 1 unspecified atom stereocenters. The maximum absolute atomic E-state index is 2.70. The van der Waals surface area contributed by atoms with Gasteiger partial charge in [-0.2, -0.15) is 0 Å². The maximum Gasteiger partial charge on any atom is 0.403 e. The monoisotopic (exact) mass is 528 g/mol. The second-order valence-electron chi connectivity index (χ2n) is 13.4. The van der Waals surface area contributed by atoms with Crippen LogP contribution in [-0.4, -0.2) is 6.98 Å². The van der Waals surface area contributed by atoms with Gasteiger partial charge in [0.1, 0.15) is 7.05 Å². The first-order valence-electron chi connectivity index (χ1n) is 14.9. The molecule has 3 heterocycles. The first kappa shape index (κ1) is 26.7. The zero-order valence-corrected chi connectivity index (χ0v) is 25.7. The topological polar surface area (TPSA) is 10.4 Å². The van der Waals surface area contributed by atoms with Crippen LogP contribution in [0.3, 0.4) is 0 Å². The molecule has 0 saturated carbocycles. The van der Waals surface area contributed by atoms with E-state index in [0.29, 0.717) is 11.8 Å². The minimum absolute atomic E-state index is 0.0727. The van der Waals surface area contributed by atoms with Crippen molar-refractivity contribution in [3.8, 4) is 0 Å². The number of hydrogen-bond donors (Lipinski definition) is 0. The molecule has 1 aromatic heterocycles. The minimum Gasteiger partial charge on any atom is -0.363 e. The van der Waals surface area contributed by atoms with Crippen molar-refractivity contribution in [3.63, 3.8) is 0 Å². The van der Waals surface area contributed by atoms with Crippen molar-refractivity contribution in [3.05, 3.63) is 113 Å². The van der Waals surface area contributed by atoms with E-state index in [0.717, 1.165) is 0 Å². The zero-order valence-electron chi connectivity index (χ0n) is 25.7. The normalized spacial score (nSPS) is 16.2. The number of fused-ring (bicyclic) bond motifs is 5. The number of hydrogen-bond acceptors (Lipinski definition) is 2. The third kappa shape index (κ3) is 3.98. The number of anilines is 4. The van der Waals surface area contributed by atoms with Gasteiger partial charge in [0.05, 0.1) is 17.2 Å². The molecule has 0 saturated heterocycles. The summed E-state index contributed by atoms with van der Waals surface area (Å²) in [7, 11) is 2.22. The van der Waals surface area contributed by atoms with Gasteiger partial charge < -0.3 is 9.62 Å². The molecule has 0 fully saturated rings. The summed E-state index contributed by atoms with van der Waals surface area (Å²) in [5.74, 6) is 1.01. The second kappa shape index (κ2) is 9.54. The number of rotatable bonds is 4. The fourth-order valence-corrected chi connectivity index (χ4v) is 6.98. The molecule has 0 N–H and O–H groups in total.